The van der Waals surface area contributed by atoms with Gasteiger partial charge in [-0.05, 0) is 46.1 Å². The number of benzene rings is 1. The molecule has 0 aliphatic carbocycles. The quantitative estimate of drug-likeness (QED) is 0.688. The Morgan fingerprint density at radius 1 is 1.30 bits per heavy atom. The molecule has 4 heteroatoms. The molecule has 2 aromatic heterocycles. The molecule has 1 atom stereocenters. The van der Waals surface area contributed by atoms with Crippen molar-refractivity contribution in [3.05, 3.63) is 56.9 Å². The predicted molar refractivity (Wildman–Crippen MR) is 88.4 cm³/mol. The van der Waals surface area contributed by atoms with Crippen LogP contribution >= 0.6 is 27.3 Å². The van der Waals surface area contributed by atoms with E-state index in [4.69, 9.17) is 4.42 Å². The highest BCUT2D eigenvalue weighted by molar-refractivity contribution is 9.10. The van der Waals surface area contributed by atoms with Crippen LogP contribution in [0.25, 0.3) is 11.0 Å². The lowest BCUT2D eigenvalue weighted by atomic mass is 10.1. The number of para-hydroxylation sites is 1. The van der Waals surface area contributed by atoms with Gasteiger partial charge in [-0.1, -0.05) is 25.1 Å². The van der Waals surface area contributed by atoms with Crippen molar-refractivity contribution in [1.82, 2.24) is 5.32 Å². The summed E-state index contributed by atoms with van der Waals surface area (Å²) in [5.41, 5.74) is 0.927. The topological polar surface area (TPSA) is 25.2 Å². The van der Waals surface area contributed by atoms with E-state index >= 15 is 0 Å². The molecule has 0 spiro atoms. The maximum Gasteiger partial charge on any atom is 0.148 e. The number of likely N-dealkylation sites (N-methyl/N-ethyl adjacent to an activating group) is 1. The van der Waals surface area contributed by atoms with Crippen LogP contribution in [0.4, 0.5) is 0 Å². The van der Waals surface area contributed by atoms with Crippen molar-refractivity contribution < 1.29 is 4.42 Å². The van der Waals surface area contributed by atoms with Crippen LogP contribution < -0.4 is 5.32 Å². The number of thiophene rings is 1. The first kappa shape index (κ1) is 13.9. The number of fused-ring (bicyclic) bond motifs is 1. The van der Waals surface area contributed by atoms with Crippen molar-refractivity contribution in [2.75, 3.05) is 6.54 Å². The van der Waals surface area contributed by atoms with Gasteiger partial charge in [0, 0.05) is 16.7 Å². The van der Waals surface area contributed by atoms with Gasteiger partial charge in [-0.15, -0.1) is 11.3 Å². The summed E-state index contributed by atoms with van der Waals surface area (Å²) in [6.45, 7) is 3.05. The van der Waals surface area contributed by atoms with E-state index in [2.05, 4.69) is 57.8 Å². The molecule has 104 valence electrons. The summed E-state index contributed by atoms with van der Waals surface area (Å²) in [4.78, 5) is 1.37. The van der Waals surface area contributed by atoms with Gasteiger partial charge in [0.2, 0.25) is 0 Å². The number of hydrogen-bond donors (Lipinski definition) is 1. The monoisotopic (exact) mass is 349 g/mol. The third kappa shape index (κ3) is 2.82. The molecule has 0 bridgehead atoms. The number of halogens is 1. The normalized spacial score (nSPS) is 12.9. The first-order chi connectivity index (χ1) is 9.78. The first-order valence-electron chi connectivity index (χ1n) is 6.71. The molecule has 2 nitrogen and oxygen atoms in total. The van der Waals surface area contributed by atoms with E-state index < -0.39 is 0 Å². The zero-order chi connectivity index (χ0) is 13.9. The van der Waals surface area contributed by atoms with E-state index in [9.17, 15) is 0 Å². The largest absolute Gasteiger partial charge is 0.458 e. The van der Waals surface area contributed by atoms with E-state index in [1.807, 2.05) is 12.1 Å². The average molecular weight is 350 g/mol. The van der Waals surface area contributed by atoms with Crippen molar-refractivity contribution in [2.45, 2.75) is 19.4 Å². The van der Waals surface area contributed by atoms with Crippen LogP contribution in [0.5, 0.6) is 0 Å². The first-order valence-corrected chi connectivity index (χ1v) is 8.39. The summed E-state index contributed by atoms with van der Waals surface area (Å²) in [5, 5.41) is 6.78. The summed E-state index contributed by atoms with van der Waals surface area (Å²) in [5.74, 6) is 1.00. The van der Waals surface area contributed by atoms with Crippen LogP contribution in [0, 0.1) is 0 Å². The highest BCUT2D eigenvalue weighted by Crippen LogP contribution is 2.31. The van der Waals surface area contributed by atoms with Crippen molar-refractivity contribution in [2.24, 2.45) is 0 Å². The fourth-order valence-corrected chi connectivity index (χ4v) is 3.58. The Morgan fingerprint density at radius 2 is 2.20 bits per heavy atom. The number of nitrogens with one attached hydrogen (secondary N) is 1. The zero-order valence-electron chi connectivity index (χ0n) is 11.2. The minimum absolute atomic E-state index is 0.220. The standard InChI is InChI=1S/C16H16BrNOS/c1-2-18-14(10-12-6-4-8-20-12)15-9-11-5-3-7-13(17)16(11)19-15/h3-9,14,18H,2,10H2,1H3. The summed E-state index contributed by atoms with van der Waals surface area (Å²) >= 11 is 5.34. The van der Waals surface area contributed by atoms with Crippen molar-refractivity contribution in [3.63, 3.8) is 0 Å². The van der Waals surface area contributed by atoms with Gasteiger partial charge in [0.25, 0.3) is 0 Å². The van der Waals surface area contributed by atoms with Gasteiger partial charge < -0.3 is 9.73 Å². The summed E-state index contributed by atoms with van der Waals surface area (Å²) in [6, 6.07) is 12.8. The maximum absolute atomic E-state index is 6.06. The summed E-state index contributed by atoms with van der Waals surface area (Å²) in [7, 11) is 0. The van der Waals surface area contributed by atoms with E-state index in [-0.39, 0.29) is 6.04 Å². The smallest absolute Gasteiger partial charge is 0.148 e. The molecule has 3 rings (SSSR count). The van der Waals surface area contributed by atoms with Gasteiger partial charge in [-0.3, -0.25) is 0 Å². The minimum atomic E-state index is 0.220. The molecule has 0 saturated carbocycles. The molecule has 2 heterocycles. The molecular weight excluding hydrogens is 334 g/mol. The molecule has 20 heavy (non-hydrogen) atoms. The van der Waals surface area contributed by atoms with Crippen LogP contribution in [-0.2, 0) is 6.42 Å². The van der Waals surface area contributed by atoms with E-state index in [0.29, 0.717) is 0 Å². The number of hydrogen-bond acceptors (Lipinski definition) is 3. The van der Waals surface area contributed by atoms with Crippen LogP contribution in [0.2, 0.25) is 0 Å². The van der Waals surface area contributed by atoms with E-state index in [1.54, 1.807) is 11.3 Å². The van der Waals surface area contributed by atoms with Gasteiger partial charge in [0.1, 0.15) is 11.3 Å². The Morgan fingerprint density at radius 3 is 2.90 bits per heavy atom. The second kappa shape index (κ2) is 6.12. The Kier molecular flexibility index (Phi) is 4.24. The second-order valence-corrected chi connectivity index (χ2v) is 6.59. The highest BCUT2D eigenvalue weighted by atomic mass is 79.9. The molecule has 3 aromatic rings. The van der Waals surface area contributed by atoms with E-state index in [1.165, 1.54) is 4.88 Å². The van der Waals surface area contributed by atoms with Crippen molar-refractivity contribution in [1.29, 1.82) is 0 Å². The lowest BCUT2D eigenvalue weighted by Crippen LogP contribution is -2.22. The molecular formula is C16H16BrNOS. The highest BCUT2D eigenvalue weighted by Gasteiger charge is 2.17. The Hall–Kier alpha value is -1.10. The summed E-state index contributed by atoms with van der Waals surface area (Å²) < 4.78 is 7.06. The maximum atomic E-state index is 6.06. The van der Waals surface area contributed by atoms with E-state index in [0.717, 1.165) is 34.2 Å². The lowest BCUT2D eigenvalue weighted by Gasteiger charge is -2.14. The molecule has 0 amide bonds. The molecule has 0 saturated heterocycles. The fraction of sp³-hybridized carbons (Fsp3) is 0.250. The van der Waals surface area contributed by atoms with Gasteiger partial charge in [-0.2, -0.15) is 0 Å². The van der Waals surface area contributed by atoms with Crippen LogP contribution in [0.1, 0.15) is 23.6 Å². The third-order valence-corrected chi connectivity index (χ3v) is 4.82. The van der Waals surface area contributed by atoms with Crippen molar-refractivity contribution in [3.8, 4) is 0 Å². The second-order valence-electron chi connectivity index (χ2n) is 4.70. The van der Waals surface area contributed by atoms with Gasteiger partial charge in [0.15, 0.2) is 0 Å². The van der Waals surface area contributed by atoms with Gasteiger partial charge in [-0.25, -0.2) is 0 Å². The van der Waals surface area contributed by atoms with Crippen LogP contribution in [-0.4, -0.2) is 6.54 Å². The SMILES string of the molecule is CCNC(Cc1cccs1)c1cc2cccc(Br)c2o1. The number of rotatable bonds is 5. The molecule has 1 unspecified atom stereocenters. The van der Waals surface area contributed by atoms with Gasteiger partial charge in [0.05, 0.1) is 10.5 Å². The fourth-order valence-electron chi connectivity index (χ4n) is 2.37. The minimum Gasteiger partial charge on any atom is -0.458 e. The zero-order valence-corrected chi connectivity index (χ0v) is 13.6. The molecule has 0 aliphatic heterocycles. The molecule has 0 radical (unpaired) electrons. The lowest BCUT2D eigenvalue weighted by molar-refractivity contribution is 0.436. The molecule has 1 N–H and O–H groups in total. The molecule has 0 aliphatic rings. The third-order valence-electron chi connectivity index (χ3n) is 3.29. The Balaban J connectivity index is 1.94. The van der Waals surface area contributed by atoms with Gasteiger partial charge >= 0.3 is 0 Å². The molecule has 1 aromatic carbocycles. The predicted octanol–water partition coefficient (Wildman–Crippen LogP) is 5.15. The molecule has 0 fully saturated rings. The Bertz CT molecular complexity index is 690. The van der Waals surface area contributed by atoms with Crippen molar-refractivity contribution >= 4 is 38.2 Å². The van der Waals surface area contributed by atoms with Crippen LogP contribution in [0.15, 0.2) is 50.7 Å². The van der Waals surface area contributed by atoms with Crippen LogP contribution in [0.3, 0.4) is 0 Å². The Labute approximate surface area is 130 Å². The summed E-state index contributed by atoms with van der Waals surface area (Å²) in [6.07, 6.45) is 0.961. The average Bonchev–Trinajstić information content (AvgIpc) is 3.07. The number of furan rings is 1.